The summed E-state index contributed by atoms with van der Waals surface area (Å²) in [6.45, 7) is 1.96. The van der Waals surface area contributed by atoms with Gasteiger partial charge in [0.15, 0.2) is 0 Å². The van der Waals surface area contributed by atoms with Crippen LogP contribution in [0.5, 0.6) is 0 Å². The molecular formula is C8H11NS. The second kappa shape index (κ2) is 3.54. The summed E-state index contributed by atoms with van der Waals surface area (Å²) in [6.07, 6.45) is 4.03. The van der Waals surface area contributed by atoms with Gasteiger partial charge in [-0.15, -0.1) is 0 Å². The molecule has 0 aliphatic rings. The molecule has 54 valence electrons. The average molecular weight is 153 g/mol. The summed E-state index contributed by atoms with van der Waals surface area (Å²) < 4.78 is 0. The van der Waals surface area contributed by atoms with E-state index in [9.17, 15) is 0 Å². The van der Waals surface area contributed by atoms with E-state index in [2.05, 4.69) is 16.8 Å². The number of hydrogen-bond acceptors (Lipinski definition) is 2. The Morgan fingerprint density at radius 3 is 3.00 bits per heavy atom. The van der Waals surface area contributed by atoms with Crippen molar-refractivity contribution in [3.63, 3.8) is 0 Å². The molecule has 0 spiro atoms. The van der Waals surface area contributed by atoms with Crippen molar-refractivity contribution < 1.29 is 0 Å². The zero-order valence-corrected chi connectivity index (χ0v) is 6.77. The van der Waals surface area contributed by atoms with Crippen LogP contribution in [0.25, 0.3) is 6.08 Å². The molecule has 0 aliphatic carbocycles. The van der Waals surface area contributed by atoms with Gasteiger partial charge in [0.25, 0.3) is 0 Å². The van der Waals surface area contributed by atoms with Crippen LogP contribution in [0, 0.1) is 0 Å². The molecule has 1 aromatic rings. The SMILES string of the molecule is CC(N)C=Cc1ccsc1. The minimum atomic E-state index is 0.153. The lowest BCUT2D eigenvalue weighted by atomic mass is 10.2. The van der Waals surface area contributed by atoms with E-state index in [1.165, 1.54) is 5.56 Å². The average Bonchev–Trinajstić information content (AvgIpc) is 2.34. The third-order valence-electron chi connectivity index (χ3n) is 1.14. The fourth-order valence-electron chi connectivity index (χ4n) is 0.633. The highest BCUT2D eigenvalue weighted by Gasteiger charge is 1.86. The van der Waals surface area contributed by atoms with E-state index in [0.717, 1.165) is 0 Å². The molecule has 0 aromatic carbocycles. The van der Waals surface area contributed by atoms with Crippen LogP contribution in [0.1, 0.15) is 12.5 Å². The van der Waals surface area contributed by atoms with E-state index in [0.29, 0.717) is 0 Å². The fraction of sp³-hybridized carbons (Fsp3) is 0.250. The molecule has 10 heavy (non-hydrogen) atoms. The van der Waals surface area contributed by atoms with Crippen molar-refractivity contribution in [1.29, 1.82) is 0 Å². The maximum Gasteiger partial charge on any atom is 0.0198 e. The van der Waals surface area contributed by atoms with E-state index in [1.807, 2.05) is 19.1 Å². The lowest BCUT2D eigenvalue weighted by Gasteiger charge is -1.91. The minimum Gasteiger partial charge on any atom is -0.325 e. The maximum absolute atomic E-state index is 5.53. The van der Waals surface area contributed by atoms with E-state index in [4.69, 9.17) is 5.73 Å². The predicted octanol–water partition coefficient (Wildman–Crippen LogP) is 2.11. The normalized spacial score (nSPS) is 14.2. The van der Waals surface area contributed by atoms with Crippen LogP contribution in [0.2, 0.25) is 0 Å². The Hall–Kier alpha value is -0.600. The first-order valence-corrected chi connectivity index (χ1v) is 4.19. The molecule has 0 bridgehead atoms. The van der Waals surface area contributed by atoms with Crippen molar-refractivity contribution in [3.8, 4) is 0 Å². The first kappa shape index (κ1) is 7.51. The number of rotatable bonds is 2. The summed E-state index contributed by atoms with van der Waals surface area (Å²) >= 11 is 1.70. The van der Waals surface area contributed by atoms with Gasteiger partial charge in [-0.25, -0.2) is 0 Å². The van der Waals surface area contributed by atoms with Gasteiger partial charge >= 0.3 is 0 Å². The molecule has 1 unspecified atom stereocenters. The van der Waals surface area contributed by atoms with Gasteiger partial charge in [-0.2, -0.15) is 11.3 Å². The molecule has 1 aromatic heterocycles. The summed E-state index contributed by atoms with van der Waals surface area (Å²) in [5.74, 6) is 0. The molecule has 2 heteroatoms. The van der Waals surface area contributed by atoms with Crippen LogP contribution >= 0.6 is 11.3 Å². The van der Waals surface area contributed by atoms with E-state index >= 15 is 0 Å². The molecular weight excluding hydrogens is 142 g/mol. The third kappa shape index (κ3) is 2.33. The summed E-state index contributed by atoms with van der Waals surface area (Å²) in [5.41, 5.74) is 6.76. The topological polar surface area (TPSA) is 26.0 Å². The van der Waals surface area contributed by atoms with E-state index < -0.39 is 0 Å². The largest absolute Gasteiger partial charge is 0.325 e. The molecule has 0 fully saturated rings. The van der Waals surface area contributed by atoms with Gasteiger partial charge < -0.3 is 5.73 Å². The fourth-order valence-corrected chi connectivity index (χ4v) is 1.26. The summed E-state index contributed by atoms with van der Waals surface area (Å²) in [6, 6.07) is 2.23. The van der Waals surface area contributed by atoms with Crippen molar-refractivity contribution in [2.45, 2.75) is 13.0 Å². The molecule has 0 amide bonds. The van der Waals surface area contributed by atoms with Crippen molar-refractivity contribution in [2.75, 3.05) is 0 Å². The number of nitrogens with two attached hydrogens (primary N) is 1. The minimum absolute atomic E-state index is 0.153. The van der Waals surface area contributed by atoms with Gasteiger partial charge in [0.2, 0.25) is 0 Å². The van der Waals surface area contributed by atoms with Crippen LogP contribution in [-0.2, 0) is 0 Å². The van der Waals surface area contributed by atoms with Gasteiger partial charge in [-0.3, -0.25) is 0 Å². The monoisotopic (exact) mass is 153 g/mol. The van der Waals surface area contributed by atoms with Crippen LogP contribution in [0.4, 0.5) is 0 Å². The van der Waals surface area contributed by atoms with Crippen LogP contribution in [0.3, 0.4) is 0 Å². The van der Waals surface area contributed by atoms with Crippen LogP contribution < -0.4 is 5.73 Å². The zero-order valence-electron chi connectivity index (χ0n) is 5.95. The van der Waals surface area contributed by atoms with Crippen molar-refractivity contribution in [1.82, 2.24) is 0 Å². The third-order valence-corrected chi connectivity index (χ3v) is 1.84. The Morgan fingerprint density at radius 2 is 2.50 bits per heavy atom. The lowest BCUT2D eigenvalue weighted by Crippen LogP contribution is -2.09. The molecule has 0 saturated carbocycles. The quantitative estimate of drug-likeness (QED) is 0.692. The molecule has 0 radical (unpaired) electrons. The molecule has 2 N–H and O–H groups in total. The second-order valence-corrected chi connectivity index (χ2v) is 3.05. The molecule has 0 aliphatic heterocycles. The van der Waals surface area contributed by atoms with Crippen LogP contribution in [0.15, 0.2) is 22.9 Å². The Morgan fingerprint density at radius 1 is 1.70 bits per heavy atom. The van der Waals surface area contributed by atoms with Gasteiger partial charge in [0.05, 0.1) is 0 Å². The summed E-state index contributed by atoms with van der Waals surface area (Å²) in [7, 11) is 0. The smallest absolute Gasteiger partial charge is 0.0198 e. The molecule has 1 heterocycles. The van der Waals surface area contributed by atoms with Crippen molar-refractivity contribution in [3.05, 3.63) is 28.5 Å². The Bertz CT molecular complexity index is 199. The highest BCUT2D eigenvalue weighted by molar-refractivity contribution is 7.08. The van der Waals surface area contributed by atoms with E-state index in [1.54, 1.807) is 11.3 Å². The Kier molecular flexibility index (Phi) is 2.66. The van der Waals surface area contributed by atoms with Gasteiger partial charge in [0.1, 0.15) is 0 Å². The van der Waals surface area contributed by atoms with E-state index in [-0.39, 0.29) is 6.04 Å². The second-order valence-electron chi connectivity index (χ2n) is 2.27. The van der Waals surface area contributed by atoms with Crippen molar-refractivity contribution in [2.24, 2.45) is 5.73 Å². The van der Waals surface area contributed by atoms with Gasteiger partial charge in [0, 0.05) is 6.04 Å². The Balaban J connectivity index is 2.55. The molecule has 1 atom stereocenters. The zero-order chi connectivity index (χ0) is 7.40. The van der Waals surface area contributed by atoms with Gasteiger partial charge in [-0.1, -0.05) is 12.2 Å². The maximum atomic E-state index is 5.53. The van der Waals surface area contributed by atoms with Crippen molar-refractivity contribution >= 4 is 17.4 Å². The highest BCUT2D eigenvalue weighted by atomic mass is 32.1. The number of hydrogen-bond donors (Lipinski definition) is 1. The first-order chi connectivity index (χ1) is 4.79. The first-order valence-electron chi connectivity index (χ1n) is 3.25. The Labute approximate surface area is 65.2 Å². The summed E-state index contributed by atoms with van der Waals surface area (Å²) in [4.78, 5) is 0. The van der Waals surface area contributed by atoms with Gasteiger partial charge in [-0.05, 0) is 29.3 Å². The molecule has 1 nitrogen and oxygen atoms in total. The predicted molar refractivity (Wildman–Crippen MR) is 47.0 cm³/mol. The summed E-state index contributed by atoms with van der Waals surface area (Å²) in [5, 5.41) is 4.15. The number of thiophene rings is 1. The molecule has 0 saturated heterocycles. The highest BCUT2D eigenvalue weighted by Crippen LogP contribution is 2.07. The van der Waals surface area contributed by atoms with Crippen LogP contribution in [-0.4, -0.2) is 6.04 Å². The molecule has 1 rings (SSSR count). The standard InChI is InChI=1S/C8H11NS/c1-7(9)2-3-8-4-5-10-6-8/h2-7H,9H2,1H3. The lowest BCUT2D eigenvalue weighted by molar-refractivity contribution is 0.931.